The van der Waals surface area contributed by atoms with Crippen LogP contribution in [0.15, 0.2) is 16.5 Å². The Morgan fingerprint density at radius 2 is 2.17 bits per heavy atom. The zero-order chi connectivity index (χ0) is 13.1. The highest BCUT2D eigenvalue weighted by molar-refractivity contribution is 5.10. The minimum absolute atomic E-state index is 0.375. The lowest BCUT2D eigenvalue weighted by Crippen LogP contribution is -2.56. The summed E-state index contributed by atoms with van der Waals surface area (Å²) in [5, 5.41) is 3.64. The van der Waals surface area contributed by atoms with E-state index in [2.05, 4.69) is 43.1 Å². The molecule has 2 rings (SSSR count). The molecule has 0 amide bonds. The summed E-state index contributed by atoms with van der Waals surface area (Å²) in [7, 11) is 0. The van der Waals surface area contributed by atoms with E-state index in [0.717, 1.165) is 24.6 Å². The van der Waals surface area contributed by atoms with Gasteiger partial charge < -0.3 is 9.73 Å². The van der Waals surface area contributed by atoms with Gasteiger partial charge in [-0.05, 0) is 38.8 Å². The Bertz CT molecular complexity index is 374. The van der Waals surface area contributed by atoms with Crippen molar-refractivity contribution >= 4 is 0 Å². The van der Waals surface area contributed by atoms with Crippen LogP contribution in [-0.2, 0) is 0 Å². The normalized spacial score (nSPS) is 27.3. The van der Waals surface area contributed by atoms with Gasteiger partial charge in [0.15, 0.2) is 0 Å². The van der Waals surface area contributed by atoms with Gasteiger partial charge in [-0.2, -0.15) is 0 Å². The molecular formula is C15H26N2O. The summed E-state index contributed by atoms with van der Waals surface area (Å²) in [6, 6.07) is 5.79. The van der Waals surface area contributed by atoms with Crippen molar-refractivity contribution in [3.63, 3.8) is 0 Å². The fraction of sp³-hybridized carbons (Fsp3) is 0.733. The van der Waals surface area contributed by atoms with Crippen molar-refractivity contribution < 1.29 is 4.42 Å². The van der Waals surface area contributed by atoms with Gasteiger partial charge in [0.05, 0.1) is 6.04 Å². The third-order valence-corrected chi connectivity index (χ3v) is 4.18. The molecule has 1 saturated heterocycles. The molecule has 1 aliphatic heterocycles. The monoisotopic (exact) mass is 250 g/mol. The number of nitrogens with zero attached hydrogens (tertiary/aromatic N) is 1. The van der Waals surface area contributed by atoms with Gasteiger partial charge in [-0.3, -0.25) is 4.90 Å². The van der Waals surface area contributed by atoms with Crippen molar-refractivity contribution in [2.75, 3.05) is 13.1 Å². The van der Waals surface area contributed by atoms with Gasteiger partial charge in [0.1, 0.15) is 11.5 Å². The first-order valence-corrected chi connectivity index (χ1v) is 7.21. The summed E-state index contributed by atoms with van der Waals surface area (Å²) >= 11 is 0. The largest absolute Gasteiger partial charge is 0.465 e. The molecule has 0 spiro atoms. The number of aryl methyl sites for hydroxylation is 1. The molecule has 1 fully saturated rings. The van der Waals surface area contributed by atoms with Crippen LogP contribution in [0.4, 0.5) is 0 Å². The molecule has 3 atom stereocenters. The first-order chi connectivity index (χ1) is 8.65. The molecule has 102 valence electrons. The lowest BCUT2D eigenvalue weighted by atomic mass is 10.0. The minimum Gasteiger partial charge on any atom is -0.465 e. The van der Waals surface area contributed by atoms with Gasteiger partial charge in [-0.1, -0.05) is 13.8 Å². The fourth-order valence-corrected chi connectivity index (χ4v) is 2.86. The van der Waals surface area contributed by atoms with Gasteiger partial charge in [0.25, 0.3) is 0 Å². The van der Waals surface area contributed by atoms with Crippen molar-refractivity contribution in [3.05, 3.63) is 23.7 Å². The number of hydrogen-bond acceptors (Lipinski definition) is 3. The summed E-state index contributed by atoms with van der Waals surface area (Å²) in [6.07, 6.45) is 2.38. The van der Waals surface area contributed by atoms with Crippen LogP contribution in [-0.4, -0.2) is 30.1 Å². The van der Waals surface area contributed by atoms with Crippen molar-refractivity contribution in [1.29, 1.82) is 0 Å². The molecule has 0 saturated carbocycles. The highest BCUT2D eigenvalue weighted by Crippen LogP contribution is 2.27. The number of piperazine rings is 1. The van der Waals surface area contributed by atoms with E-state index in [0.29, 0.717) is 18.1 Å². The molecule has 1 aromatic heterocycles. The Labute approximate surface area is 111 Å². The van der Waals surface area contributed by atoms with Crippen LogP contribution in [0, 0.1) is 6.92 Å². The van der Waals surface area contributed by atoms with Gasteiger partial charge in [0, 0.05) is 25.2 Å². The van der Waals surface area contributed by atoms with Crippen LogP contribution < -0.4 is 5.32 Å². The maximum Gasteiger partial charge on any atom is 0.121 e. The lowest BCUT2D eigenvalue weighted by molar-refractivity contribution is 0.0745. The topological polar surface area (TPSA) is 28.4 Å². The first-order valence-electron chi connectivity index (χ1n) is 7.21. The predicted molar refractivity (Wildman–Crippen MR) is 74.7 cm³/mol. The molecule has 3 unspecified atom stereocenters. The summed E-state index contributed by atoms with van der Waals surface area (Å²) in [5.41, 5.74) is 0. The number of nitrogens with one attached hydrogen (secondary N) is 1. The summed E-state index contributed by atoms with van der Waals surface area (Å²) in [6.45, 7) is 11.0. The second kappa shape index (κ2) is 5.89. The van der Waals surface area contributed by atoms with E-state index in [1.807, 2.05) is 6.92 Å². The lowest BCUT2D eigenvalue weighted by Gasteiger charge is -2.42. The smallest absolute Gasteiger partial charge is 0.121 e. The average Bonchev–Trinajstić information content (AvgIpc) is 2.83. The van der Waals surface area contributed by atoms with Crippen molar-refractivity contribution in [2.45, 2.75) is 58.7 Å². The molecule has 1 N–H and O–H groups in total. The van der Waals surface area contributed by atoms with Crippen molar-refractivity contribution in [2.24, 2.45) is 0 Å². The van der Waals surface area contributed by atoms with E-state index >= 15 is 0 Å². The Morgan fingerprint density at radius 1 is 1.39 bits per heavy atom. The van der Waals surface area contributed by atoms with Crippen molar-refractivity contribution in [1.82, 2.24) is 10.2 Å². The fourth-order valence-electron chi connectivity index (χ4n) is 2.86. The van der Waals surface area contributed by atoms with Gasteiger partial charge in [-0.15, -0.1) is 0 Å². The maximum absolute atomic E-state index is 5.80. The molecule has 18 heavy (non-hydrogen) atoms. The zero-order valence-corrected chi connectivity index (χ0v) is 12.1. The number of hydrogen-bond donors (Lipinski definition) is 1. The standard InChI is InChI=1S/C15H26N2O/c1-5-13-10-17(14(6-2)9-16-13)12(4)15-8-7-11(3)18-15/h7-8,12-14,16H,5-6,9-10H2,1-4H3. The van der Waals surface area contributed by atoms with Crippen LogP contribution in [0.1, 0.15) is 51.2 Å². The zero-order valence-electron chi connectivity index (χ0n) is 12.1. The van der Waals surface area contributed by atoms with Crippen LogP contribution in [0.3, 0.4) is 0 Å². The average molecular weight is 250 g/mol. The predicted octanol–water partition coefficient (Wildman–Crippen LogP) is 3.11. The number of furan rings is 1. The van der Waals surface area contributed by atoms with E-state index in [1.165, 1.54) is 12.8 Å². The van der Waals surface area contributed by atoms with Crippen LogP contribution in [0.2, 0.25) is 0 Å². The third-order valence-electron chi connectivity index (χ3n) is 4.18. The molecular weight excluding hydrogens is 224 g/mol. The van der Waals surface area contributed by atoms with E-state index < -0.39 is 0 Å². The van der Waals surface area contributed by atoms with E-state index in [9.17, 15) is 0 Å². The minimum atomic E-state index is 0.375. The molecule has 0 bridgehead atoms. The highest BCUT2D eigenvalue weighted by Gasteiger charge is 2.31. The second-order valence-electron chi connectivity index (χ2n) is 5.40. The molecule has 1 aliphatic rings. The Balaban J connectivity index is 2.12. The van der Waals surface area contributed by atoms with Gasteiger partial charge >= 0.3 is 0 Å². The van der Waals surface area contributed by atoms with Crippen LogP contribution in [0.5, 0.6) is 0 Å². The molecule has 0 aliphatic carbocycles. The molecule has 3 heteroatoms. The summed E-state index contributed by atoms with van der Waals surface area (Å²) in [4.78, 5) is 2.60. The highest BCUT2D eigenvalue weighted by atomic mass is 16.3. The van der Waals surface area contributed by atoms with Gasteiger partial charge in [-0.25, -0.2) is 0 Å². The second-order valence-corrected chi connectivity index (χ2v) is 5.40. The van der Waals surface area contributed by atoms with Crippen molar-refractivity contribution in [3.8, 4) is 0 Å². The van der Waals surface area contributed by atoms with E-state index in [1.54, 1.807) is 0 Å². The van der Waals surface area contributed by atoms with Crippen LogP contribution in [0.25, 0.3) is 0 Å². The first kappa shape index (κ1) is 13.6. The Morgan fingerprint density at radius 3 is 2.72 bits per heavy atom. The van der Waals surface area contributed by atoms with E-state index in [4.69, 9.17) is 4.42 Å². The Kier molecular flexibility index (Phi) is 4.46. The molecule has 0 radical (unpaired) electrons. The van der Waals surface area contributed by atoms with Crippen LogP contribution >= 0.6 is 0 Å². The summed E-state index contributed by atoms with van der Waals surface area (Å²) < 4.78 is 5.80. The molecule has 1 aromatic rings. The SMILES string of the molecule is CCC1CN(C(C)c2ccc(C)o2)C(CC)CN1. The Hall–Kier alpha value is -0.800. The molecule has 2 heterocycles. The number of rotatable bonds is 4. The molecule has 3 nitrogen and oxygen atoms in total. The third kappa shape index (κ3) is 2.78. The quantitative estimate of drug-likeness (QED) is 0.890. The van der Waals surface area contributed by atoms with Gasteiger partial charge in [0.2, 0.25) is 0 Å². The summed E-state index contributed by atoms with van der Waals surface area (Å²) in [5.74, 6) is 2.11. The van der Waals surface area contributed by atoms with E-state index in [-0.39, 0.29) is 0 Å². The molecule has 0 aromatic carbocycles. The maximum atomic E-state index is 5.80.